The molecule has 188 valence electrons. The van der Waals surface area contributed by atoms with E-state index in [1.54, 1.807) is 19.2 Å². The molecule has 1 saturated carbocycles. The number of carbonyl (C=O) groups excluding carboxylic acids is 2. The van der Waals surface area contributed by atoms with Gasteiger partial charge in [-0.3, -0.25) is 9.59 Å². The lowest BCUT2D eigenvalue weighted by Gasteiger charge is -2.38. The van der Waals surface area contributed by atoms with E-state index in [9.17, 15) is 9.59 Å². The molecule has 1 aromatic heterocycles. The van der Waals surface area contributed by atoms with Gasteiger partial charge >= 0.3 is 0 Å². The average Bonchev–Trinajstić information content (AvgIpc) is 3.64. The average molecular weight is 489 g/mol. The summed E-state index contributed by atoms with van der Waals surface area (Å²) in [4.78, 5) is 27.4. The fourth-order valence-corrected chi connectivity index (χ4v) is 4.68. The summed E-state index contributed by atoms with van der Waals surface area (Å²) in [6, 6.07) is 17.8. The largest absolute Gasteiger partial charge is 0.486 e. The van der Waals surface area contributed by atoms with Crippen LogP contribution in [0.25, 0.3) is 0 Å². The highest BCUT2D eigenvalue weighted by molar-refractivity contribution is 5.91. The van der Waals surface area contributed by atoms with Crippen LogP contribution in [0.2, 0.25) is 0 Å². The SMILES string of the molecule is COCCNC(=O)c1ccc(COc2ccc3c(c2)[C@@H](c2ccc(C)cc2)N(C(=O)C2CC2)CC3)o1. The fraction of sp³-hybridized carbons (Fsp3) is 0.379. The molecule has 0 saturated heterocycles. The van der Waals surface area contributed by atoms with Crippen LogP contribution in [0.4, 0.5) is 0 Å². The van der Waals surface area contributed by atoms with Crippen molar-refractivity contribution in [2.24, 2.45) is 5.92 Å². The Hall–Kier alpha value is -3.58. The zero-order valence-electron chi connectivity index (χ0n) is 20.8. The molecule has 1 aliphatic heterocycles. The quantitative estimate of drug-likeness (QED) is 0.451. The zero-order chi connectivity index (χ0) is 25.1. The maximum atomic E-state index is 13.2. The van der Waals surface area contributed by atoms with Crippen molar-refractivity contribution in [1.82, 2.24) is 10.2 Å². The first kappa shape index (κ1) is 24.1. The summed E-state index contributed by atoms with van der Waals surface area (Å²) < 4.78 is 16.7. The van der Waals surface area contributed by atoms with Crippen LogP contribution in [0.5, 0.6) is 5.75 Å². The number of methoxy groups -OCH3 is 1. The first-order valence-corrected chi connectivity index (χ1v) is 12.5. The molecule has 0 unspecified atom stereocenters. The molecule has 0 spiro atoms. The van der Waals surface area contributed by atoms with Gasteiger partial charge in [-0.1, -0.05) is 35.9 Å². The number of amides is 2. The van der Waals surface area contributed by atoms with Gasteiger partial charge < -0.3 is 24.1 Å². The lowest BCUT2D eigenvalue weighted by atomic mass is 9.87. The Kier molecular flexibility index (Phi) is 7.09. The van der Waals surface area contributed by atoms with E-state index < -0.39 is 0 Å². The van der Waals surface area contributed by atoms with E-state index >= 15 is 0 Å². The molecule has 1 N–H and O–H groups in total. The number of carbonyl (C=O) groups is 2. The summed E-state index contributed by atoms with van der Waals surface area (Å²) in [6.45, 7) is 3.85. The summed E-state index contributed by atoms with van der Waals surface area (Å²) in [6.07, 6.45) is 2.80. The topological polar surface area (TPSA) is 81.0 Å². The summed E-state index contributed by atoms with van der Waals surface area (Å²) in [7, 11) is 1.58. The number of nitrogens with zero attached hydrogens (tertiary/aromatic N) is 1. The van der Waals surface area contributed by atoms with Crippen molar-refractivity contribution in [3.05, 3.63) is 88.4 Å². The van der Waals surface area contributed by atoms with Crippen molar-refractivity contribution in [2.45, 2.75) is 38.8 Å². The minimum atomic E-state index is -0.284. The fourth-order valence-electron chi connectivity index (χ4n) is 4.68. The van der Waals surface area contributed by atoms with E-state index in [0.29, 0.717) is 24.7 Å². The van der Waals surface area contributed by atoms with Crippen LogP contribution in [0, 0.1) is 12.8 Å². The second kappa shape index (κ2) is 10.6. The van der Waals surface area contributed by atoms with Crippen molar-refractivity contribution in [2.75, 3.05) is 26.8 Å². The van der Waals surface area contributed by atoms with Crippen LogP contribution in [-0.4, -0.2) is 43.5 Å². The van der Waals surface area contributed by atoms with Gasteiger partial charge in [-0.05, 0) is 67.1 Å². The number of rotatable bonds is 9. The Labute approximate surface area is 211 Å². The first-order valence-electron chi connectivity index (χ1n) is 12.5. The van der Waals surface area contributed by atoms with Crippen LogP contribution >= 0.6 is 0 Å². The summed E-state index contributed by atoms with van der Waals surface area (Å²) in [5.74, 6) is 1.64. The molecule has 5 rings (SSSR count). The molecule has 2 heterocycles. The highest BCUT2D eigenvalue weighted by Gasteiger charge is 2.39. The predicted molar refractivity (Wildman–Crippen MR) is 135 cm³/mol. The number of nitrogens with one attached hydrogen (secondary N) is 1. The monoisotopic (exact) mass is 488 g/mol. The minimum Gasteiger partial charge on any atom is -0.486 e. The second-order valence-electron chi connectivity index (χ2n) is 9.53. The Balaban J connectivity index is 1.34. The number of furan rings is 1. The van der Waals surface area contributed by atoms with Crippen molar-refractivity contribution >= 4 is 11.8 Å². The van der Waals surface area contributed by atoms with Crippen LogP contribution in [0.1, 0.15) is 57.5 Å². The van der Waals surface area contributed by atoms with Gasteiger partial charge in [-0.25, -0.2) is 0 Å². The van der Waals surface area contributed by atoms with Crippen molar-refractivity contribution < 1.29 is 23.5 Å². The highest BCUT2D eigenvalue weighted by Crippen LogP contribution is 2.41. The van der Waals surface area contributed by atoms with Gasteiger partial charge in [0, 0.05) is 26.1 Å². The van der Waals surface area contributed by atoms with Crippen molar-refractivity contribution in [1.29, 1.82) is 0 Å². The molecule has 1 aliphatic carbocycles. The number of hydrogen-bond donors (Lipinski definition) is 1. The number of hydrogen-bond acceptors (Lipinski definition) is 5. The molecule has 7 heteroatoms. The van der Waals surface area contributed by atoms with E-state index in [0.717, 1.165) is 36.9 Å². The van der Waals surface area contributed by atoms with E-state index in [-0.39, 0.29) is 36.1 Å². The normalized spacial score (nSPS) is 16.9. The number of aryl methyl sites for hydroxylation is 1. The van der Waals surface area contributed by atoms with Gasteiger partial charge in [0.1, 0.15) is 18.1 Å². The van der Waals surface area contributed by atoms with Gasteiger partial charge in [0.25, 0.3) is 5.91 Å². The van der Waals surface area contributed by atoms with Crippen LogP contribution in [0.3, 0.4) is 0 Å². The van der Waals surface area contributed by atoms with Gasteiger partial charge in [0.15, 0.2) is 5.76 Å². The molecule has 36 heavy (non-hydrogen) atoms. The third-order valence-electron chi connectivity index (χ3n) is 6.81. The van der Waals surface area contributed by atoms with Gasteiger partial charge in [0.2, 0.25) is 5.91 Å². The van der Waals surface area contributed by atoms with E-state index in [1.165, 1.54) is 11.1 Å². The van der Waals surface area contributed by atoms with E-state index in [2.05, 4.69) is 47.5 Å². The molecule has 2 aliphatic rings. The zero-order valence-corrected chi connectivity index (χ0v) is 20.8. The summed E-state index contributed by atoms with van der Waals surface area (Å²) in [5, 5.41) is 2.74. The van der Waals surface area contributed by atoms with Crippen LogP contribution in [-0.2, 0) is 22.6 Å². The predicted octanol–water partition coefficient (Wildman–Crippen LogP) is 4.43. The third-order valence-corrected chi connectivity index (χ3v) is 6.81. The lowest BCUT2D eigenvalue weighted by molar-refractivity contribution is -0.134. The molecule has 0 bridgehead atoms. The van der Waals surface area contributed by atoms with Crippen LogP contribution in [0.15, 0.2) is 59.0 Å². The Bertz CT molecular complexity index is 1230. The molecule has 1 fully saturated rings. The van der Waals surface area contributed by atoms with Crippen molar-refractivity contribution in [3.8, 4) is 5.75 Å². The van der Waals surface area contributed by atoms with Crippen LogP contribution < -0.4 is 10.1 Å². The van der Waals surface area contributed by atoms with Gasteiger partial charge in [-0.2, -0.15) is 0 Å². The molecular formula is C29H32N2O5. The Morgan fingerprint density at radius 2 is 1.89 bits per heavy atom. The molecule has 7 nitrogen and oxygen atoms in total. The maximum absolute atomic E-state index is 13.2. The highest BCUT2D eigenvalue weighted by atomic mass is 16.5. The molecule has 2 aromatic carbocycles. The van der Waals surface area contributed by atoms with Gasteiger partial charge in [-0.15, -0.1) is 0 Å². The molecule has 3 aromatic rings. The molecule has 0 radical (unpaired) electrons. The summed E-state index contributed by atoms with van der Waals surface area (Å²) in [5.41, 5.74) is 4.65. The second-order valence-corrected chi connectivity index (χ2v) is 9.53. The third kappa shape index (κ3) is 5.31. The van der Waals surface area contributed by atoms with E-state index in [4.69, 9.17) is 13.9 Å². The Morgan fingerprint density at radius 1 is 1.08 bits per heavy atom. The van der Waals surface area contributed by atoms with E-state index in [1.807, 2.05) is 12.1 Å². The first-order chi connectivity index (χ1) is 17.5. The van der Waals surface area contributed by atoms with Gasteiger partial charge in [0.05, 0.1) is 12.6 Å². The number of ether oxygens (including phenoxy) is 2. The smallest absolute Gasteiger partial charge is 0.287 e. The number of fused-ring (bicyclic) bond motifs is 1. The molecular weight excluding hydrogens is 456 g/mol. The number of benzene rings is 2. The molecule has 2 amide bonds. The minimum absolute atomic E-state index is 0.128. The Morgan fingerprint density at radius 3 is 2.64 bits per heavy atom. The van der Waals surface area contributed by atoms with Crippen molar-refractivity contribution in [3.63, 3.8) is 0 Å². The molecule has 1 atom stereocenters. The summed E-state index contributed by atoms with van der Waals surface area (Å²) >= 11 is 0. The maximum Gasteiger partial charge on any atom is 0.287 e. The lowest BCUT2D eigenvalue weighted by Crippen LogP contribution is -2.41. The standard InChI is InChI=1S/C29H32N2O5/c1-19-3-5-21(6-4-19)27-25-17-23(10-9-20(25)13-15-31(27)29(33)22-7-8-22)35-18-24-11-12-26(36-24)28(32)30-14-16-34-2/h3-6,9-12,17,22,27H,7-8,13-16,18H2,1-2H3,(H,30,32)/t27-/m1/s1.